The predicted molar refractivity (Wildman–Crippen MR) is 106 cm³/mol. The second-order valence-electron chi connectivity index (χ2n) is 6.13. The standard InChI is InChI=1S/C22H21N3O/c1-2-26-19-10-6-9-17(13-19)18-11-12-20-21(14-18)24-25-22(20)23-15-16-7-4-3-5-8-16/h3-14H,2,15H2,1H3,(H2,23,24,25). The minimum atomic E-state index is 0.666. The Bertz CT molecular complexity index is 1010. The molecule has 0 amide bonds. The number of rotatable bonds is 6. The number of fused-ring (bicyclic) bond motifs is 1. The normalized spacial score (nSPS) is 10.8. The van der Waals surface area contributed by atoms with E-state index in [9.17, 15) is 0 Å². The number of ether oxygens (including phenoxy) is 1. The molecule has 130 valence electrons. The number of aromatic amines is 1. The highest BCUT2D eigenvalue weighted by atomic mass is 16.5. The summed E-state index contributed by atoms with van der Waals surface area (Å²) in [7, 11) is 0. The van der Waals surface area contributed by atoms with Crippen LogP contribution in [0.2, 0.25) is 0 Å². The Hall–Kier alpha value is -3.27. The second-order valence-corrected chi connectivity index (χ2v) is 6.13. The van der Waals surface area contributed by atoms with Crippen LogP contribution in [0.25, 0.3) is 22.0 Å². The van der Waals surface area contributed by atoms with Crippen molar-refractivity contribution in [2.24, 2.45) is 0 Å². The zero-order valence-corrected chi connectivity index (χ0v) is 14.7. The summed E-state index contributed by atoms with van der Waals surface area (Å²) in [6.45, 7) is 3.41. The van der Waals surface area contributed by atoms with Crippen LogP contribution >= 0.6 is 0 Å². The summed E-state index contributed by atoms with van der Waals surface area (Å²) in [6.07, 6.45) is 0. The van der Waals surface area contributed by atoms with E-state index < -0.39 is 0 Å². The Balaban J connectivity index is 1.58. The summed E-state index contributed by atoms with van der Waals surface area (Å²) < 4.78 is 5.60. The molecule has 4 aromatic rings. The van der Waals surface area contributed by atoms with Crippen molar-refractivity contribution in [3.8, 4) is 16.9 Å². The fraction of sp³-hybridized carbons (Fsp3) is 0.136. The van der Waals surface area contributed by atoms with Gasteiger partial charge >= 0.3 is 0 Å². The number of anilines is 1. The van der Waals surface area contributed by atoms with Crippen LogP contribution in [0, 0.1) is 0 Å². The highest BCUT2D eigenvalue weighted by molar-refractivity contribution is 5.92. The van der Waals surface area contributed by atoms with E-state index in [1.165, 1.54) is 5.56 Å². The van der Waals surface area contributed by atoms with Gasteiger partial charge in [-0.3, -0.25) is 5.10 Å². The van der Waals surface area contributed by atoms with Crippen LogP contribution in [0.3, 0.4) is 0 Å². The molecule has 1 aromatic heterocycles. The lowest BCUT2D eigenvalue weighted by molar-refractivity contribution is 0.340. The first kappa shape index (κ1) is 16.2. The van der Waals surface area contributed by atoms with E-state index in [0.717, 1.165) is 40.1 Å². The van der Waals surface area contributed by atoms with E-state index in [-0.39, 0.29) is 0 Å². The van der Waals surface area contributed by atoms with Crippen LogP contribution in [-0.2, 0) is 6.54 Å². The Morgan fingerprint density at radius 2 is 1.77 bits per heavy atom. The van der Waals surface area contributed by atoms with Gasteiger partial charge in [0.1, 0.15) is 5.75 Å². The zero-order valence-electron chi connectivity index (χ0n) is 14.7. The maximum absolute atomic E-state index is 5.60. The first-order valence-corrected chi connectivity index (χ1v) is 8.82. The van der Waals surface area contributed by atoms with Crippen molar-refractivity contribution in [2.75, 3.05) is 11.9 Å². The molecule has 0 radical (unpaired) electrons. The Morgan fingerprint density at radius 3 is 2.62 bits per heavy atom. The average molecular weight is 343 g/mol. The molecule has 0 bridgehead atoms. The monoisotopic (exact) mass is 343 g/mol. The van der Waals surface area contributed by atoms with Gasteiger partial charge in [-0.25, -0.2) is 0 Å². The van der Waals surface area contributed by atoms with Crippen molar-refractivity contribution in [1.29, 1.82) is 0 Å². The molecular weight excluding hydrogens is 322 g/mol. The average Bonchev–Trinajstić information content (AvgIpc) is 3.10. The minimum Gasteiger partial charge on any atom is -0.494 e. The third kappa shape index (κ3) is 3.40. The van der Waals surface area contributed by atoms with Crippen LogP contribution in [0.1, 0.15) is 12.5 Å². The van der Waals surface area contributed by atoms with Crippen molar-refractivity contribution < 1.29 is 4.74 Å². The van der Waals surface area contributed by atoms with Gasteiger partial charge in [0.15, 0.2) is 5.82 Å². The number of nitrogens with one attached hydrogen (secondary N) is 2. The highest BCUT2D eigenvalue weighted by Crippen LogP contribution is 2.29. The molecule has 4 rings (SSSR count). The number of hydrogen-bond donors (Lipinski definition) is 2. The molecule has 0 unspecified atom stereocenters. The molecule has 3 aromatic carbocycles. The molecule has 0 aliphatic rings. The molecule has 4 heteroatoms. The molecule has 4 nitrogen and oxygen atoms in total. The Labute approximate surface area is 152 Å². The van der Waals surface area contributed by atoms with Crippen LogP contribution in [0.5, 0.6) is 5.75 Å². The SMILES string of the molecule is CCOc1cccc(-c2ccc3c(NCc4ccccc4)n[nH]c3c2)c1. The molecule has 0 saturated carbocycles. The minimum absolute atomic E-state index is 0.666. The van der Waals surface area contributed by atoms with E-state index in [4.69, 9.17) is 4.74 Å². The first-order valence-electron chi connectivity index (χ1n) is 8.82. The molecule has 1 heterocycles. The van der Waals surface area contributed by atoms with Crippen LogP contribution in [0.4, 0.5) is 5.82 Å². The number of H-pyrrole nitrogens is 1. The lowest BCUT2D eigenvalue weighted by Gasteiger charge is -2.07. The molecule has 0 fully saturated rings. The Morgan fingerprint density at radius 1 is 0.923 bits per heavy atom. The lowest BCUT2D eigenvalue weighted by Crippen LogP contribution is -1.99. The number of hydrogen-bond acceptors (Lipinski definition) is 3. The van der Waals surface area contributed by atoms with Gasteiger partial charge in [0.25, 0.3) is 0 Å². The molecule has 0 spiro atoms. The zero-order chi connectivity index (χ0) is 17.8. The summed E-state index contributed by atoms with van der Waals surface area (Å²) in [5.74, 6) is 1.76. The van der Waals surface area contributed by atoms with E-state index in [0.29, 0.717) is 6.61 Å². The predicted octanol–water partition coefficient (Wildman–Crippen LogP) is 5.24. The lowest BCUT2D eigenvalue weighted by atomic mass is 10.0. The van der Waals surface area contributed by atoms with Crippen molar-refractivity contribution in [3.05, 3.63) is 78.4 Å². The molecular formula is C22H21N3O. The third-order valence-corrected chi connectivity index (χ3v) is 4.34. The Kier molecular flexibility index (Phi) is 4.56. The van der Waals surface area contributed by atoms with Crippen molar-refractivity contribution in [1.82, 2.24) is 10.2 Å². The smallest absolute Gasteiger partial charge is 0.155 e. The number of nitrogens with zero attached hydrogens (tertiary/aromatic N) is 1. The summed E-state index contributed by atoms with van der Waals surface area (Å²) in [4.78, 5) is 0. The summed E-state index contributed by atoms with van der Waals surface area (Å²) in [5, 5.41) is 12.1. The molecule has 26 heavy (non-hydrogen) atoms. The number of benzene rings is 3. The van der Waals surface area contributed by atoms with Crippen LogP contribution in [-0.4, -0.2) is 16.8 Å². The van der Waals surface area contributed by atoms with Crippen molar-refractivity contribution in [2.45, 2.75) is 13.5 Å². The second kappa shape index (κ2) is 7.31. The number of aromatic nitrogens is 2. The van der Waals surface area contributed by atoms with Crippen molar-refractivity contribution >= 4 is 16.7 Å². The highest BCUT2D eigenvalue weighted by Gasteiger charge is 2.08. The summed E-state index contributed by atoms with van der Waals surface area (Å²) in [6, 6.07) is 24.8. The van der Waals surface area contributed by atoms with E-state index in [2.05, 4.69) is 58.0 Å². The van der Waals surface area contributed by atoms with Gasteiger partial charge in [0, 0.05) is 11.9 Å². The van der Waals surface area contributed by atoms with Gasteiger partial charge in [-0.15, -0.1) is 0 Å². The summed E-state index contributed by atoms with van der Waals surface area (Å²) in [5.41, 5.74) is 4.51. The van der Waals surface area contributed by atoms with Crippen LogP contribution in [0.15, 0.2) is 72.8 Å². The van der Waals surface area contributed by atoms with E-state index in [1.54, 1.807) is 0 Å². The molecule has 0 saturated heterocycles. The van der Waals surface area contributed by atoms with Gasteiger partial charge in [-0.05, 0) is 47.9 Å². The van der Waals surface area contributed by atoms with Gasteiger partial charge in [-0.2, -0.15) is 5.10 Å². The summed E-state index contributed by atoms with van der Waals surface area (Å²) >= 11 is 0. The van der Waals surface area contributed by atoms with E-state index in [1.807, 2.05) is 37.3 Å². The molecule has 0 aliphatic carbocycles. The molecule has 0 aliphatic heterocycles. The fourth-order valence-electron chi connectivity index (χ4n) is 3.05. The van der Waals surface area contributed by atoms with Gasteiger partial charge in [-0.1, -0.05) is 48.5 Å². The quantitative estimate of drug-likeness (QED) is 0.503. The van der Waals surface area contributed by atoms with Gasteiger partial charge in [0.2, 0.25) is 0 Å². The van der Waals surface area contributed by atoms with Gasteiger partial charge in [0.05, 0.1) is 12.1 Å². The van der Waals surface area contributed by atoms with Crippen LogP contribution < -0.4 is 10.1 Å². The van der Waals surface area contributed by atoms with Gasteiger partial charge < -0.3 is 10.1 Å². The molecule has 2 N–H and O–H groups in total. The van der Waals surface area contributed by atoms with Crippen molar-refractivity contribution in [3.63, 3.8) is 0 Å². The topological polar surface area (TPSA) is 49.9 Å². The maximum atomic E-state index is 5.60. The first-order chi connectivity index (χ1) is 12.8. The third-order valence-electron chi connectivity index (χ3n) is 4.34. The largest absolute Gasteiger partial charge is 0.494 e. The van der Waals surface area contributed by atoms with E-state index >= 15 is 0 Å². The maximum Gasteiger partial charge on any atom is 0.155 e. The fourth-order valence-corrected chi connectivity index (χ4v) is 3.05. The molecule has 0 atom stereocenters.